The molecule has 1 aromatic carbocycles. The molecule has 5 rings (SSSR count). The zero-order valence-electron chi connectivity index (χ0n) is 17.0. The molecule has 2 N–H and O–H groups in total. The quantitative estimate of drug-likeness (QED) is 0.497. The van der Waals surface area contributed by atoms with Crippen molar-refractivity contribution in [3.05, 3.63) is 78.9 Å². The highest BCUT2D eigenvalue weighted by Gasteiger charge is 2.54. The second kappa shape index (κ2) is 9.63. The van der Waals surface area contributed by atoms with Crippen LogP contribution in [-0.2, 0) is 0 Å². The normalized spacial score (nSPS) is 35.3. The molecule has 30 heavy (non-hydrogen) atoms. The number of aliphatic hydroxyl groups is 2. The van der Waals surface area contributed by atoms with Crippen LogP contribution < -0.4 is 5.19 Å². The monoisotopic (exact) mass is 424 g/mol. The Labute approximate surface area is 184 Å². The van der Waals surface area contributed by atoms with Gasteiger partial charge in [0.05, 0.1) is 20.3 Å². The second-order valence-corrected chi connectivity index (χ2v) is 14.0. The van der Waals surface area contributed by atoms with Gasteiger partial charge in [-0.05, 0) is 23.3 Å². The molecule has 2 nitrogen and oxygen atoms in total. The van der Waals surface area contributed by atoms with Gasteiger partial charge >= 0.3 is 0 Å². The Kier molecular flexibility index (Phi) is 7.89. The highest BCUT2D eigenvalue weighted by Crippen LogP contribution is 2.55. The third kappa shape index (κ3) is 4.21. The molecule has 0 aliphatic heterocycles. The Balaban J connectivity index is 0.000000200. The van der Waals surface area contributed by atoms with E-state index in [9.17, 15) is 10.2 Å². The van der Waals surface area contributed by atoms with Crippen molar-refractivity contribution in [2.75, 3.05) is 0 Å². The standard InChI is InChI=1S/C13H16Si.C12H16O2.2CH4/c1-14(2,13-10-6-7-11-13)12-8-4-3-5-9-12;1-6-7-2-3-8(6)12-10(14)5-4-9(13)11(7)12;;/h3-11,13H,1-2H3;2-14H,1H3;2*1H4/t;6?,7-,8+,9+,10-,11+,12-;;. The molecule has 3 heteroatoms. The zero-order valence-corrected chi connectivity index (χ0v) is 18.0. The van der Waals surface area contributed by atoms with E-state index < -0.39 is 8.07 Å². The van der Waals surface area contributed by atoms with Crippen molar-refractivity contribution in [3.63, 3.8) is 0 Å². The Morgan fingerprint density at radius 1 is 0.700 bits per heavy atom. The number of hydrogen-bond acceptors (Lipinski definition) is 2. The van der Waals surface area contributed by atoms with E-state index in [1.165, 1.54) is 0 Å². The molecule has 2 bridgehead atoms. The lowest BCUT2D eigenvalue weighted by atomic mass is 9.73. The first-order valence-corrected chi connectivity index (χ1v) is 13.6. The largest absolute Gasteiger partial charge is 0.389 e. The van der Waals surface area contributed by atoms with Crippen LogP contribution in [0.1, 0.15) is 21.8 Å². The molecule has 0 radical (unpaired) electrons. The lowest BCUT2D eigenvalue weighted by molar-refractivity contribution is 0.0277. The van der Waals surface area contributed by atoms with Crippen LogP contribution in [0, 0.1) is 29.6 Å². The summed E-state index contributed by atoms with van der Waals surface area (Å²) >= 11 is 0. The summed E-state index contributed by atoms with van der Waals surface area (Å²) in [4.78, 5) is 0. The molecule has 0 saturated heterocycles. The van der Waals surface area contributed by atoms with Crippen LogP contribution in [-0.4, -0.2) is 30.5 Å². The minimum atomic E-state index is -1.32. The minimum Gasteiger partial charge on any atom is -0.389 e. The van der Waals surface area contributed by atoms with Crippen molar-refractivity contribution in [2.45, 2.75) is 52.6 Å². The number of benzene rings is 1. The van der Waals surface area contributed by atoms with Gasteiger partial charge in [0, 0.05) is 11.8 Å². The van der Waals surface area contributed by atoms with Crippen LogP contribution in [0.5, 0.6) is 0 Å². The van der Waals surface area contributed by atoms with E-state index in [1.807, 2.05) is 0 Å². The fraction of sp³-hybridized carbons (Fsp3) is 0.481. The third-order valence-electron chi connectivity index (χ3n) is 7.50. The lowest BCUT2D eigenvalue weighted by Crippen LogP contribution is -2.44. The van der Waals surface area contributed by atoms with E-state index in [1.54, 1.807) is 17.3 Å². The molecule has 0 heterocycles. The predicted molar refractivity (Wildman–Crippen MR) is 132 cm³/mol. The van der Waals surface area contributed by atoms with Gasteiger partial charge in [0.25, 0.3) is 0 Å². The Morgan fingerprint density at radius 3 is 1.63 bits per heavy atom. The number of rotatable bonds is 2. The third-order valence-corrected chi connectivity index (χ3v) is 11.4. The first-order valence-electron chi connectivity index (χ1n) is 10.5. The van der Waals surface area contributed by atoms with Gasteiger partial charge in [0.1, 0.15) is 0 Å². The summed E-state index contributed by atoms with van der Waals surface area (Å²) in [5, 5.41) is 21.4. The van der Waals surface area contributed by atoms with Gasteiger partial charge < -0.3 is 10.2 Å². The average Bonchev–Trinajstić information content (AvgIpc) is 3.43. The highest BCUT2D eigenvalue weighted by molar-refractivity contribution is 6.91. The molecule has 1 saturated carbocycles. The van der Waals surface area contributed by atoms with Crippen molar-refractivity contribution < 1.29 is 10.2 Å². The summed E-state index contributed by atoms with van der Waals surface area (Å²) in [6.07, 6.45) is 16.3. The number of hydrogen-bond donors (Lipinski definition) is 2. The van der Waals surface area contributed by atoms with Crippen molar-refractivity contribution in [1.82, 2.24) is 0 Å². The fourth-order valence-electron chi connectivity index (χ4n) is 5.70. The maximum Gasteiger partial charge on any atom is 0.0911 e. The molecular weight excluding hydrogens is 384 g/mol. The molecule has 164 valence electrons. The molecule has 0 aromatic heterocycles. The number of allylic oxidation sites excluding steroid dienone is 6. The van der Waals surface area contributed by atoms with Crippen molar-refractivity contribution >= 4 is 13.3 Å². The Bertz CT molecular complexity index is 767. The molecule has 1 aromatic rings. The van der Waals surface area contributed by atoms with Crippen LogP contribution in [0.4, 0.5) is 0 Å². The predicted octanol–water partition coefficient (Wildman–Crippen LogP) is 5.33. The molecule has 1 fully saturated rings. The Hall–Kier alpha value is -1.68. The molecular formula is C27H40O2Si. The van der Waals surface area contributed by atoms with Crippen molar-refractivity contribution in [2.24, 2.45) is 29.6 Å². The molecule has 0 spiro atoms. The lowest BCUT2D eigenvalue weighted by Gasteiger charge is -2.36. The smallest absolute Gasteiger partial charge is 0.0911 e. The molecule has 7 atom stereocenters. The molecule has 1 unspecified atom stereocenters. The SMILES string of the molecule is C.C.CC1[C@H]2C=C[C@@H]1[C@H]1[C@@H]2[C@@H](O)C=C[C@H]1O.C[Si](C)(c1ccccc1)C1C=CC=C1. The van der Waals surface area contributed by atoms with E-state index in [2.05, 4.69) is 86.8 Å². The van der Waals surface area contributed by atoms with Gasteiger partial charge in [0.15, 0.2) is 0 Å². The van der Waals surface area contributed by atoms with E-state index in [0.717, 1.165) is 0 Å². The van der Waals surface area contributed by atoms with E-state index in [-0.39, 0.29) is 38.9 Å². The van der Waals surface area contributed by atoms with Gasteiger partial charge in [0.2, 0.25) is 0 Å². The summed E-state index contributed by atoms with van der Waals surface area (Å²) < 4.78 is 0. The van der Waals surface area contributed by atoms with E-state index >= 15 is 0 Å². The number of aliphatic hydroxyl groups excluding tert-OH is 2. The maximum atomic E-state index is 9.91. The fourth-order valence-corrected chi connectivity index (χ4v) is 8.32. The van der Waals surface area contributed by atoms with Crippen LogP contribution >= 0.6 is 0 Å². The van der Waals surface area contributed by atoms with Gasteiger partial charge in [-0.25, -0.2) is 0 Å². The van der Waals surface area contributed by atoms with Crippen LogP contribution in [0.25, 0.3) is 0 Å². The Morgan fingerprint density at radius 2 is 1.17 bits per heavy atom. The van der Waals surface area contributed by atoms with Gasteiger partial charge in [-0.15, -0.1) is 0 Å². The maximum absolute atomic E-state index is 9.91. The van der Waals surface area contributed by atoms with Gasteiger partial charge in [-0.2, -0.15) is 0 Å². The summed E-state index contributed by atoms with van der Waals surface area (Å²) in [6, 6.07) is 10.9. The highest BCUT2D eigenvalue weighted by atomic mass is 28.3. The van der Waals surface area contributed by atoms with Gasteiger partial charge in [-0.1, -0.05) is 119 Å². The average molecular weight is 425 g/mol. The second-order valence-electron chi connectivity index (χ2n) is 9.30. The summed E-state index contributed by atoms with van der Waals surface area (Å²) in [5.41, 5.74) is 0.671. The van der Waals surface area contributed by atoms with Crippen LogP contribution in [0.3, 0.4) is 0 Å². The van der Waals surface area contributed by atoms with Crippen LogP contribution in [0.2, 0.25) is 18.6 Å². The first kappa shape index (κ1) is 24.6. The van der Waals surface area contributed by atoms with Crippen LogP contribution in [0.15, 0.2) is 78.9 Å². The van der Waals surface area contributed by atoms with Crippen molar-refractivity contribution in [3.8, 4) is 0 Å². The molecule has 0 amide bonds. The molecule has 4 aliphatic carbocycles. The first-order chi connectivity index (χ1) is 13.4. The van der Waals surface area contributed by atoms with E-state index in [4.69, 9.17) is 0 Å². The zero-order chi connectivity index (χ0) is 19.9. The van der Waals surface area contributed by atoms with Crippen molar-refractivity contribution in [1.29, 1.82) is 0 Å². The minimum absolute atomic E-state index is 0. The summed E-state index contributed by atoms with van der Waals surface area (Å²) in [7, 11) is -1.32. The molecule has 4 aliphatic rings. The number of fused-ring (bicyclic) bond motifs is 5. The topological polar surface area (TPSA) is 40.5 Å². The summed E-state index contributed by atoms with van der Waals surface area (Å²) in [5.74, 6) is 2.04. The van der Waals surface area contributed by atoms with Gasteiger partial charge in [-0.3, -0.25) is 0 Å². The summed E-state index contributed by atoms with van der Waals surface area (Å²) in [6.45, 7) is 7.10. The van der Waals surface area contributed by atoms with E-state index in [0.29, 0.717) is 23.3 Å².